The molecule has 2 aromatic rings. The van der Waals surface area contributed by atoms with E-state index in [2.05, 4.69) is 57.7 Å². The molecule has 28 heavy (non-hydrogen) atoms. The molecule has 150 valence electrons. The molecule has 3 rings (SSSR count). The van der Waals surface area contributed by atoms with Gasteiger partial charge in [0.05, 0.1) is 7.11 Å². The van der Waals surface area contributed by atoms with Crippen LogP contribution in [-0.2, 0) is 6.54 Å². The Morgan fingerprint density at radius 3 is 2.32 bits per heavy atom. The van der Waals surface area contributed by atoms with Crippen LogP contribution in [0.15, 0.2) is 54.6 Å². The quantitative estimate of drug-likeness (QED) is 0.699. The maximum Gasteiger partial charge on any atom is 0.166 e. The third-order valence-electron chi connectivity index (χ3n) is 5.23. The number of hydrogen-bond acceptors (Lipinski definition) is 4. The van der Waals surface area contributed by atoms with Crippen molar-refractivity contribution in [3.63, 3.8) is 0 Å². The fourth-order valence-corrected chi connectivity index (χ4v) is 3.57. The van der Waals surface area contributed by atoms with Gasteiger partial charge in [-0.05, 0) is 49.0 Å². The molecule has 0 bridgehead atoms. The van der Waals surface area contributed by atoms with E-state index in [0.717, 1.165) is 38.5 Å². The lowest BCUT2D eigenvalue weighted by Gasteiger charge is -2.39. The van der Waals surface area contributed by atoms with Crippen LogP contribution in [-0.4, -0.2) is 55.9 Å². The zero-order valence-electron chi connectivity index (χ0n) is 16.7. The first-order valence-corrected chi connectivity index (χ1v) is 10.2. The number of anilines is 1. The van der Waals surface area contributed by atoms with Gasteiger partial charge in [0.15, 0.2) is 5.11 Å². The Kier molecular flexibility index (Phi) is 7.51. The van der Waals surface area contributed by atoms with Crippen molar-refractivity contribution in [3.05, 3.63) is 60.2 Å². The van der Waals surface area contributed by atoms with Crippen LogP contribution in [0, 0.1) is 0 Å². The molecule has 1 aliphatic rings. The molecule has 2 aromatic carbocycles. The summed E-state index contributed by atoms with van der Waals surface area (Å²) in [5.74, 6) is 0.866. The van der Waals surface area contributed by atoms with E-state index >= 15 is 0 Å². The van der Waals surface area contributed by atoms with E-state index in [1.165, 1.54) is 11.3 Å². The average molecular weight is 399 g/mol. The summed E-state index contributed by atoms with van der Waals surface area (Å²) in [6.07, 6.45) is 0. The minimum atomic E-state index is 0.443. The van der Waals surface area contributed by atoms with Crippen molar-refractivity contribution in [1.29, 1.82) is 0 Å². The SMILES string of the molecule is COc1ccc(CNC(=S)NCC(C)N2CCN(c3ccccc3)CC2)cc1. The normalized spacial score (nSPS) is 15.7. The number of ether oxygens (including phenoxy) is 1. The molecule has 1 unspecified atom stereocenters. The molecule has 1 saturated heterocycles. The van der Waals surface area contributed by atoms with Gasteiger partial charge < -0.3 is 20.3 Å². The molecular formula is C22H30N4OS. The average Bonchev–Trinajstić information content (AvgIpc) is 2.77. The molecule has 5 nitrogen and oxygen atoms in total. The number of hydrogen-bond donors (Lipinski definition) is 2. The highest BCUT2D eigenvalue weighted by Crippen LogP contribution is 2.16. The maximum absolute atomic E-state index is 5.43. The fraction of sp³-hybridized carbons (Fsp3) is 0.409. The van der Waals surface area contributed by atoms with E-state index in [1.807, 2.05) is 24.3 Å². The summed E-state index contributed by atoms with van der Waals surface area (Å²) < 4.78 is 5.18. The number of benzene rings is 2. The van der Waals surface area contributed by atoms with Crippen LogP contribution in [0.4, 0.5) is 5.69 Å². The van der Waals surface area contributed by atoms with E-state index in [0.29, 0.717) is 17.7 Å². The molecule has 1 aliphatic heterocycles. The highest BCUT2D eigenvalue weighted by atomic mass is 32.1. The Hall–Kier alpha value is -2.31. The lowest BCUT2D eigenvalue weighted by atomic mass is 10.2. The predicted molar refractivity (Wildman–Crippen MR) is 120 cm³/mol. The molecule has 0 aliphatic carbocycles. The number of nitrogens with one attached hydrogen (secondary N) is 2. The predicted octanol–water partition coefficient (Wildman–Crippen LogP) is 2.87. The van der Waals surface area contributed by atoms with Gasteiger partial charge in [0.1, 0.15) is 5.75 Å². The van der Waals surface area contributed by atoms with Gasteiger partial charge in [-0.1, -0.05) is 30.3 Å². The van der Waals surface area contributed by atoms with E-state index in [9.17, 15) is 0 Å². The number of rotatable bonds is 7. The van der Waals surface area contributed by atoms with E-state index in [-0.39, 0.29) is 0 Å². The molecule has 0 spiro atoms. The number of para-hydroxylation sites is 1. The van der Waals surface area contributed by atoms with Gasteiger partial charge in [-0.2, -0.15) is 0 Å². The van der Waals surface area contributed by atoms with Gasteiger partial charge in [0.2, 0.25) is 0 Å². The Bertz CT molecular complexity index is 730. The van der Waals surface area contributed by atoms with Crippen LogP contribution in [0.2, 0.25) is 0 Å². The van der Waals surface area contributed by atoms with E-state index in [4.69, 9.17) is 17.0 Å². The Morgan fingerprint density at radius 2 is 1.68 bits per heavy atom. The molecule has 0 aromatic heterocycles. The molecule has 0 radical (unpaired) electrons. The van der Waals surface area contributed by atoms with Gasteiger partial charge in [-0.15, -0.1) is 0 Å². The molecular weight excluding hydrogens is 368 g/mol. The van der Waals surface area contributed by atoms with Gasteiger partial charge >= 0.3 is 0 Å². The van der Waals surface area contributed by atoms with Crippen molar-refractivity contribution in [2.75, 3.05) is 44.7 Å². The van der Waals surface area contributed by atoms with Crippen LogP contribution in [0.1, 0.15) is 12.5 Å². The topological polar surface area (TPSA) is 39.8 Å². The van der Waals surface area contributed by atoms with E-state index < -0.39 is 0 Å². The number of methoxy groups -OCH3 is 1. The molecule has 1 fully saturated rings. The Labute approximate surface area is 173 Å². The van der Waals surface area contributed by atoms with Gasteiger partial charge in [-0.3, -0.25) is 4.90 Å². The third kappa shape index (κ3) is 5.84. The summed E-state index contributed by atoms with van der Waals surface area (Å²) in [6, 6.07) is 19.1. The smallest absolute Gasteiger partial charge is 0.166 e. The Balaban J connectivity index is 1.35. The van der Waals surface area contributed by atoms with Gasteiger partial charge in [0.25, 0.3) is 0 Å². The van der Waals surface area contributed by atoms with Gasteiger partial charge in [0, 0.05) is 51.0 Å². The maximum atomic E-state index is 5.43. The minimum Gasteiger partial charge on any atom is -0.497 e. The lowest BCUT2D eigenvalue weighted by Crippen LogP contribution is -2.53. The summed E-state index contributed by atoms with van der Waals surface area (Å²) in [6.45, 7) is 8.09. The van der Waals surface area contributed by atoms with Crippen LogP contribution in [0.5, 0.6) is 5.75 Å². The summed E-state index contributed by atoms with van der Waals surface area (Å²) in [4.78, 5) is 4.98. The van der Waals surface area contributed by atoms with Crippen molar-refractivity contribution < 1.29 is 4.74 Å². The summed E-state index contributed by atoms with van der Waals surface area (Å²) >= 11 is 5.43. The second-order valence-corrected chi connectivity index (χ2v) is 7.53. The van der Waals surface area contributed by atoms with Crippen LogP contribution < -0.4 is 20.3 Å². The van der Waals surface area contributed by atoms with Gasteiger partial charge in [-0.25, -0.2) is 0 Å². The molecule has 1 atom stereocenters. The fourth-order valence-electron chi connectivity index (χ4n) is 3.42. The van der Waals surface area contributed by atoms with Crippen molar-refractivity contribution in [2.45, 2.75) is 19.5 Å². The lowest BCUT2D eigenvalue weighted by molar-refractivity contribution is 0.197. The Morgan fingerprint density at radius 1 is 1.00 bits per heavy atom. The second-order valence-electron chi connectivity index (χ2n) is 7.12. The van der Waals surface area contributed by atoms with Crippen molar-refractivity contribution in [3.8, 4) is 5.75 Å². The first-order chi connectivity index (χ1) is 13.7. The summed E-state index contributed by atoms with van der Waals surface area (Å²) in [7, 11) is 1.68. The first kappa shape index (κ1) is 20.4. The summed E-state index contributed by atoms with van der Waals surface area (Å²) in [5, 5.41) is 7.33. The van der Waals surface area contributed by atoms with Crippen molar-refractivity contribution >= 4 is 23.0 Å². The highest BCUT2D eigenvalue weighted by Gasteiger charge is 2.21. The van der Waals surface area contributed by atoms with Crippen molar-refractivity contribution in [1.82, 2.24) is 15.5 Å². The molecule has 1 heterocycles. The standard InChI is InChI=1S/C22H30N4OS/c1-18(25-12-14-26(15-13-25)20-6-4-3-5-7-20)16-23-22(28)24-17-19-8-10-21(27-2)11-9-19/h3-11,18H,12-17H2,1-2H3,(H2,23,24,28). The number of thiocarbonyl (C=S) groups is 1. The van der Waals surface area contributed by atoms with Crippen LogP contribution in [0.3, 0.4) is 0 Å². The van der Waals surface area contributed by atoms with Crippen LogP contribution >= 0.6 is 12.2 Å². The largest absolute Gasteiger partial charge is 0.497 e. The van der Waals surface area contributed by atoms with Crippen LogP contribution in [0.25, 0.3) is 0 Å². The third-order valence-corrected chi connectivity index (χ3v) is 5.52. The minimum absolute atomic E-state index is 0.443. The monoisotopic (exact) mass is 398 g/mol. The van der Waals surface area contributed by atoms with E-state index in [1.54, 1.807) is 7.11 Å². The summed E-state index contributed by atoms with van der Waals surface area (Å²) in [5.41, 5.74) is 2.49. The zero-order chi connectivity index (χ0) is 19.8. The van der Waals surface area contributed by atoms with Crippen molar-refractivity contribution in [2.24, 2.45) is 0 Å². The molecule has 0 saturated carbocycles. The molecule has 2 N–H and O–H groups in total. The zero-order valence-corrected chi connectivity index (χ0v) is 17.5. The molecule has 0 amide bonds. The highest BCUT2D eigenvalue weighted by molar-refractivity contribution is 7.80. The first-order valence-electron chi connectivity index (χ1n) is 9.84. The number of nitrogens with zero attached hydrogens (tertiary/aromatic N) is 2. The number of piperazine rings is 1. The second kappa shape index (κ2) is 10.3. The molecule has 6 heteroatoms.